The average Bonchev–Trinajstić information content (AvgIpc) is 3.43. The van der Waals surface area contributed by atoms with Gasteiger partial charge >= 0.3 is 5.97 Å². The lowest BCUT2D eigenvalue weighted by Crippen LogP contribution is -2.57. The lowest BCUT2D eigenvalue weighted by atomic mass is 9.66. The first-order chi connectivity index (χ1) is 17.2. The topological polar surface area (TPSA) is 87.1 Å². The van der Waals surface area contributed by atoms with Crippen LogP contribution < -0.4 is 0 Å². The molecule has 2 unspecified atom stereocenters. The molecule has 3 aliphatic heterocycles. The maximum atomic E-state index is 14.1. The van der Waals surface area contributed by atoms with Crippen molar-refractivity contribution in [1.82, 2.24) is 9.80 Å². The smallest absolute Gasteiger partial charge is 0.311 e. The second-order valence-electron chi connectivity index (χ2n) is 10.7. The lowest BCUT2D eigenvalue weighted by molar-refractivity contribution is -0.156. The van der Waals surface area contributed by atoms with Gasteiger partial charge in [-0.1, -0.05) is 31.9 Å². The molecule has 2 amide bonds. The molecule has 8 heteroatoms. The molecule has 3 aliphatic rings. The van der Waals surface area contributed by atoms with Crippen molar-refractivity contribution in [1.29, 1.82) is 0 Å². The van der Waals surface area contributed by atoms with Gasteiger partial charge in [0, 0.05) is 17.8 Å². The molecule has 0 aromatic carbocycles. The molecule has 3 heterocycles. The molecule has 2 bridgehead atoms. The SMILES string of the molecule is C=CCCCCOC(=O)[C@H]1[C@H]2C(=O)N([C@H](C)CO)C(C(=O)N(CC=C)CCCCC)C23CC[C@]1(C)S3. The summed E-state index contributed by atoms with van der Waals surface area (Å²) in [7, 11) is 0. The van der Waals surface area contributed by atoms with Gasteiger partial charge in [0.05, 0.1) is 35.8 Å². The van der Waals surface area contributed by atoms with Crippen molar-refractivity contribution in [3.8, 4) is 0 Å². The van der Waals surface area contributed by atoms with E-state index >= 15 is 0 Å². The van der Waals surface area contributed by atoms with Crippen molar-refractivity contribution < 1.29 is 24.2 Å². The highest BCUT2D eigenvalue weighted by Gasteiger charge is 2.78. The second-order valence-corrected chi connectivity index (χ2v) is 12.6. The Kier molecular flexibility index (Phi) is 9.72. The molecule has 3 fully saturated rings. The Balaban J connectivity index is 1.93. The Bertz CT molecular complexity index is 850. The van der Waals surface area contributed by atoms with E-state index in [1.165, 1.54) is 0 Å². The number of aliphatic hydroxyl groups is 1. The van der Waals surface area contributed by atoms with Gasteiger partial charge in [-0.25, -0.2) is 0 Å². The molecule has 0 saturated carbocycles. The van der Waals surface area contributed by atoms with Gasteiger partial charge in [-0.2, -0.15) is 0 Å². The van der Waals surface area contributed by atoms with E-state index in [2.05, 4.69) is 20.1 Å². The number of thioether (sulfide) groups is 1. The molecule has 6 atom stereocenters. The molecular formula is C28H44N2O5S. The zero-order valence-electron chi connectivity index (χ0n) is 22.2. The third-order valence-electron chi connectivity index (χ3n) is 8.18. The molecule has 202 valence electrons. The Labute approximate surface area is 220 Å². The molecule has 3 saturated heterocycles. The van der Waals surface area contributed by atoms with E-state index in [9.17, 15) is 19.5 Å². The summed E-state index contributed by atoms with van der Waals surface area (Å²) in [4.78, 5) is 44.9. The minimum absolute atomic E-state index is 0.0997. The minimum Gasteiger partial charge on any atom is -0.465 e. The highest BCUT2D eigenvalue weighted by molar-refractivity contribution is 8.02. The number of amides is 2. The normalized spacial score (nSPS) is 31.3. The fourth-order valence-corrected chi connectivity index (χ4v) is 8.71. The van der Waals surface area contributed by atoms with Crippen molar-refractivity contribution in [2.24, 2.45) is 11.8 Å². The van der Waals surface area contributed by atoms with Gasteiger partial charge in [0.2, 0.25) is 11.8 Å². The molecule has 3 rings (SSSR count). The Hall–Kier alpha value is -1.80. The fraction of sp³-hybridized carbons (Fsp3) is 0.750. The highest BCUT2D eigenvalue weighted by Crippen LogP contribution is 2.71. The quantitative estimate of drug-likeness (QED) is 0.200. The van der Waals surface area contributed by atoms with E-state index in [-0.39, 0.29) is 24.4 Å². The van der Waals surface area contributed by atoms with Crippen LogP contribution in [-0.2, 0) is 19.1 Å². The highest BCUT2D eigenvalue weighted by atomic mass is 32.2. The third kappa shape index (κ3) is 5.13. The zero-order valence-corrected chi connectivity index (χ0v) is 23.1. The Morgan fingerprint density at radius 1 is 1.25 bits per heavy atom. The lowest BCUT2D eigenvalue weighted by Gasteiger charge is -2.38. The van der Waals surface area contributed by atoms with E-state index in [1.54, 1.807) is 34.6 Å². The summed E-state index contributed by atoms with van der Waals surface area (Å²) in [5, 5.41) is 10.0. The number of likely N-dealkylation sites (tertiary alicyclic amines) is 1. The monoisotopic (exact) mass is 520 g/mol. The fourth-order valence-electron chi connectivity index (χ4n) is 6.39. The summed E-state index contributed by atoms with van der Waals surface area (Å²) in [6.45, 7) is 14.6. The van der Waals surface area contributed by atoms with Crippen LogP contribution in [0.3, 0.4) is 0 Å². The van der Waals surface area contributed by atoms with E-state index in [0.29, 0.717) is 26.1 Å². The van der Waals surface area contributed by atoms with Crippen LogP contribution in [0.1, 0.15) is 72.1 Å². The summed E-state index contributed by atoms with van der Waals surface area (Å²) in [6, 6.07) is -1.23. The van der Waals surface area contributed by atoms with Crippen LogP contribution in [0.4, 0.5) is 0 Å². The minimum atomic E-state index is -0.712. The standard InChI is InChI=1S/C28H44N2O5S/c1-6-9-11-13-18-35-26(34)22-21-24(32)30(20(4)19-31)23(28(21)15-14-27(22,5)36-28)25(33)29(16-8-3)17-12-10-7-2/h6,8,20-23,31H,1,3,7,9-19H2,2,4-5H3/t20-,21+,22-,23?,27+,28?/m1/s1. The van der Waals surface area contributed by atoms with Crippen LogP contribution in [-0.4, -0.2) is 80.6 Å². The first-order valence-electron chi connectivity index (χ1n) is 13.5. The van der Waals surface area contributed by atoms with Crippen LogP contribution in [0.15, 0.2) is 25.3 Å². The number of unbranched alkanes of at least 4 members (excludes halogenated alkanes) is 4. The van der Waals surface area contributed by atoms with Crippen molar-refractivity contribution >= 4 is 29.5 Å². The number of carbonyl (C=O) groups is 3. The van der Waals surface area contributed by atoms with Gasteiger partial charge in [0.15, 0.2) is 0 Å². The molecule has 1 spiro atoms. The van der Waals surface area contributed by atoms with Crippen molar-refractivity contribution in [3.05, 3.63) is 25.3 Å². The molecule has 36 heavy (non-hydrogen) atoms. The van der Waals surface area contributed by atoms with Gasteiger partial charge in [0.25, 0.3) is 0 Å². The number of hydrogen-bond donors (Lipinski definition) is 1. The number of allylic oxidation sites excluding steroid dienone is 1. The van der Waals surface area contributed by atoms with Crippen LogP contribution in [0, 0.1) is 11.8 Å². The number of aliphatic hydroxyl groups excluding tert-OH is 1. The number of fused-ring (bicyclic) bond motifs is 1. The molecule has 1 N–H and O–H groups in total. The van der Waals surface area contributed by atoms with E-state index in [4.69, 9.17) is 4.74 Å². The molecular weight excluding hydrogens is 476 g/mol. The number of esters is 1. The molecule has 7 nitrogen and oxygen atoms in total. The molecule has 0 aromatic rings. The van der Waals surface area contributed by atoms with Gasteiger partial charge < -0.3 is 19.6 Å². The van der Waals surface area contributed by atoms with Crippen LogP contribution in [0.5, 0.6) is 0 Å². The summed E-state index contributed by atoms with van der Waals surface area (Å²) in [6.07, 6.45) is 10.5. The van der Waals surface area contributed by atoms with E-state index < -0.39 is 33.4 Å². The number of ether oxygens (including phenoxy) is 1. The molecule has 0 aromatic heterocycles. The van der Waals surface area contributed by atoms with Crippen LogP contribution in [0.25, 0.3) is 0 Å². The largest absolute Gasteiger partial charge is 0.465 e. The Morgan fingerprint density at radius 2 is 2.00 bits per heavy atom. The second kappa shape index (κ2) is 12.2. The first-order valence-corrected chi connectivity index (χ1v) is 14.3. The number of nitrogens with zero attached hydrogens (tertiary/aromatic N) is 2. The summed E-state index contributed by atoms with van der Waals surface area (Å²) in [5.41, 5.74) is 0. The van der Waals surface area contributed by atoms with Gasteiger partial charge in [0.1, 0.15) is 6.04 Å². The summed E-state index contributed by atoms with van der Waals surface area (Å²) < 4.78 is 4.56. The predicted octanol–water partition coefficient (Wildman–Crippen LogP) is 3.95. The summed E-state index contributed by atoms with van der Waals surface area (Å²) >= 11 is 1.64. The zero-order chi connectivity index (χ0) is 26.5. The Morgan fingerprint density at radius 3 is 2.64 bits per heavy atom. The van der Waals surface area contributed by atoms with Gasteiger partial charge in [-0.05, 0) is 52.4 Å². The van der Waals surface area contributed by atoms with Gasteiger partial charge in [-0.3, -0.25) is 14.4 Å². The average molecular weight is 521 g/mol. The van der Waals surface area contributed by atoms with Crippen LogP contribution >= 0.6 is 11.8 Å². The number of rotatable bonds is 15. The van der Waals surface area contributed by atoms with Gasteiger partial charge in [-0.15, -0.1) is 24.9 Å². The number of hydrogen-bond acceptors (Lipinski definition) is 6. The van der Waals surface area contributed by atoms with Crippen LogP contribution in [0.2, 0.25) is 0 Å². The first kappa shape index (κ1) is 28.8. The van der Waals surface area contributed by atoms with E-state index in [0.717, 1.165) is 44.9 Å². The van der Waals surface area contributed by atoms with Crippen molar-refractivity contribution in [3.63, 3.8) is 0 Å². The summed E-state index contributed by atoms with van der Waals surface area (Å²) in [5.74, 6) is -1.85. The predicted molar refractivity (Wildman–Crippen MR) is 143 cm³/mol. The third-order valence-corrected chi connectivity index (χ3v) is 10.2. The van der Waals surface area contributed by atoms with Crippen molar-refractivity contribution in [2.45, 2.75) is 93.7 Å². The van der Waals surface area contributed by atoms with Crippen molar-refractivity contribution in [2.75, 3.05) is 26.3 Å². The number of carbonyl (C=O) groups excluding carboxylic acids is 3. The van der Waals surface area contributed by atoms with E-state index in [1.807, 2.05) is 13.0 Å². The maximum absolute atomic E-state index is 14.1. The molecule has 0 radical (unpaired) electrons. The maximum Gasteiger partial charge on any atom is 0.311 e. The molecule has 0 aliphatic carbocycles.